The van der Waals surface area contributed by atoms with E-state index in [1.54, 1.807) is 30.5 Å². The lowest BCUT2D eigenvalue weighted by Crippen LogP contribution is -2.27. The number of amides is 1. The highest BCUT2D eigenvalue weighted by atomic mass is 16.5. The number of benzene rings is 1. The topological polar surface area (TPSA) is 95.6 Å². The van der Waals surface area contributed by atoms with Crippen molar-refractivity contribution in [1.82, 2.24) is 14.9 Å². The second-order valence-electron chi connectivity index (χ2n) is 5.57. The lowest BCUT2D eigenvalue weighted by atomic mass is 10.2. The van der Waals surface area contributed by atoms with Gasteiger partial charge in [-0.05, 0) is 18.2 Å². The van der Waals surface area contributed by atoms with Gasteiger partial charge in [-0.1, -0.05) is 0 Å². The van der Waals surface area contributed by atoms with E-state index in [0.29, 0.717) is 34.7 Å². The van der Waals surface area contributed by atoms with E-state index < -0.39 is 0 Å². The SMILES string of the molecule is COc1cc2ncn(CCC(=O)NCc3ccco3)c(=O)c2cc1OC. The van der Waals surface area contributed by atoms with Crippen molar-refractivity contribution in [3.63, 3.8) is 0 Å². The number of rotatable bonds is 7. The number of methoxy groups -OCH3 is 2. The zero-order valence-corrected chi connectivity index (χ0v) is 14.5. The molecule has 1 N–H and O–H groups in total. The van der Waals surface area contributed by atoms with E-state index >= 15 is 0 Å². The van der Waals surface area contributed by atoms with Gasteiger partial charge in [0.15, 0.2) is 11.5 Å². The van der Waals surface area contributed by atoms with E-state index in [-0.39, 0.29) is 24.4 Å². The minimum Gasteiger partial charge on any atom is -0.493 e. The van der Waals surface area contributed by atoms with Crippen molar-refractivity contribution >= 4 is 16.8 Å². The molecule has 136 valence electrons. The van der Waals surface area contributed by atoms with Crippen LogP contribution < -0.4 is 20.3 Å². The van der Waals surface area contributed by atoms with Crippen molar-refractivity contribution in [3.05, 3.63) is 53.0 Å². The normalized spacial score (nSPS) is 10.7. The minimum absolute atomic E-state index is 0.154. The maximum atomic E-state index is 12.6. The smallest absolute Gasteiger partial charge is 0.261 e. The molecule has 2 heterocycles. The maximum absolute atomic E-state index is 12.6. The van der Waals surface area contributed by atoms with Gasteiger partial charge in [0.1, 0.15) is 5.76 Å². The summed E-state index contributed by atoms with van der Waals surface area (Å²) >= 11 is 0. The van der Waals surface area contributed by atoms with Gasteiger partial charge in [0.2, 0.25) is 5.91 Å². The number of furan rings is 1. The average Bonchev–Trinajstić information content (AvgIpc) is 3.18. The molecule has 3 rings (SSSR count). The summed E-state index contributed by atoms with van der Waals surface area (Å²) in [5.41, 5.74) is 0.265. The van der Waals surface area contributed by atoms with Gasteiger partial charge in [-0.25, -0.2) is 4.98 Å². The van der Waals surface area contributed by atoms with Gasteiger partial charge in [-0.15, -0.1) is 0 Å². The molecule has 0 aliphatic carbocycles. The van der Waals surface area contributed by atoms with Gasteiger partial charge in [-0.3, -0.25) is 14.2 Å². The Bertz CT molecular complexity index is 963. The van der Waals surface area contributed by atoms with Gasteiger partial charge >= 0.3 is 0 Å². The Morgan fingerprint density at radius 1 is 1.27 bits per heavy atom. The Morgan fingerprint density at radius 2 is 2.04 bits per heavy atom. The number of aromatic nitrogens is 2. The van der Waals surface area contributed by atoms with E-state index in [1.165, 1.54) is 25.1 Å². The molecule has 1 amide bonds. The number of carbonyl (C=O) groups is 1. The lowest BCUT2D eigenvalue weighted by Gasteiger charge is -2.10. The molecular formula is C18H19N3O5. The standard InChI is InChI=1S/C18H19N3O5/c1-24-15-8-13-14(9-16(15)25-2)20-11-21(18(13)23)6-5-17(22)19-10-12-4-3-7-26-12/h3-4,7-9,11H,5-6,10H2,1-2H3,(H,19,22). The largest absolute Gasteiger partial charge is 0.493 e. The summed E-state index contributed by atoms with van der Waals surface area (Å²) in [6.45, 7) is 0.536. The van der Waals surface area contributed by atoms with Crippen LogP contribution in [0.5, 0.6) is 11.5 Å². The van der Waals surface area contributed by atoms with Gasteiger partial charge in [0, 0.05) is 19.0 Å². The summed E-state index contributed by atoms with van der Waals surface area (Å²) in [5, 5.41) is 3.14. The molecule has 8 heteroatoms. The molecule has 0 bridgehead atoms. The van der Waals surface area contributed by atoms with Crippen LogP contribution in [0.15, 0.2) is 46.1 Å². The van der Waals surface area contributed by atoms with E-state index in [9.17, 15) is 9.59 Å². The number of nitrogens with zero attached hydrogens (tertiary/aromatic N) is 2. The Labute approximate surface area is 149 Å². The van der Waals surface area contributed by atoms with Crippen LogP contribution in [0, 0.1) is 0 Å². The molecule has 0 aliphatic rings. The van der Waals surface area contributed by atoms with Crippen LogP contribution in [0.3, 0.4) is 0 Å². The first-order valence-corrected chi connectivity index (χ1v) is 8.02. The molecule has 0 aliphatic heterocycles. The number of hydrogen-bond donors (Lipinski definition) is 1. The number of ether oxygens (including phenoxy) is 2. The monoisotopic (exact) mass is 357 g/mol. The predicted octanol–water partition coefficient (Wildman–Crippen LogP) is 1.71. The van der Waals surface area contributed by atoms with Crippen LogP contribution in [-0.4, -0.2) is 29.7 Å². The highest BCUT2D eigenvalue weighted by Crippen LogP contribution is 2.29. The molecule has 2 aromatic heterocycles. The molecule has 0 saturated carbocycles. The number of fused-ring (bicyclic) bond motifs is 1. The van der Waals surface area contributed by atoms with Crippen molar-refractivity contribution in [2.45, 2.75) is 19.5 Å². The van der Waals surface area contributed by atoms with Gasteiger partial charge in [0.05, 0.1) is 44.3 Å². The molecule has 0 spiro atoms. The second kappa shape index (κ2) is 7.73. The molecule has 0 unspecified atom stereocenters. The van der Waals surface area contributed by atoms with Crippen molar-refractivity contribution in [1.29, 1.82) is 0 Å². The zero-order chi connectivity index (χ0) is 18.5. The van der Waals surface area contributed by atoms with Crippen molar-refractivity contribution in [2.24, 2.45) is 0 Å². The average molecular weight is 357 g/mol. The van der Waals surface area contributed by atoms with Gasteiger partial charge in [0.25, 0.3) is 5.56 Å². The second-order valence-corrected chi connectivity index (χ2v) is 5.57. The van der Waals surface area contributed by atoms with Crippen LogP contribution >= 0.6 is 0 Å². The van der Waals surface area contributed by atoms with Crippen LogP contribution in [0.4, 0.5) is 0 Å². The molecule has 26 heavy (non-hydrogen) atoms. The van der Waals surface area contributed by atoms with Gasteiger partial charge < -0.3 is 19.2 Å². The molecule has 1 aromatic carbocycles. The van der Waals surface area contributed by atoms with Gasteiger partial charge in [-0.2, -0.15) is 0 Å². The fourth-order valence-corrected chi connectivity index (χ4v) is 2.55. The number of carbonyl (C=O) groups excluding carboxylic acids is 1. The van der Waals surface area contributed by atoms with E-state index in [4.69, 9.17) is 13.9 Å². The van der Waals surface area contributed by atoms with E-state index in [0.717, 1.165) is 0 Å². The first-order valence-electron chi connectivity index (χ1n) is 8.02. The lowest BCUT2D eigenvalue weighted by molar-refractivity contribution is -0.121. The predicted molar refractivity (Wildman–Crippen MR) is 94.3 cm³/mol. The zero-order valence-electron chi connectivity index (χ0n) is 14.5. The van der Waals surface area contributed by atoms with Crippen LogP contribution in [0.2, 0.25) is 0 Å². The Kier molecular flexibility index (Phi) is 5.21. The summed E-state index contributed by atoms with van der Waals surface area (Å²) < 4.78 is 17.0. The molecule has 0 radical (unpaired) electrons. The Hall–Kier alpha value is -3.29. The summed E-state index contributed by atoms with van der Waals surface area (Å²) in [6, 6.07) is 6.78. The number of aryl methyl sites for hydroxylation is 1. The van der Waals surface area contributed by atoms with Crippen molar-refractivity contribution < 1.29 is 18.7 Å². The summed E-state index contributed by atoms with van der Waals surface area (Å²) in [7, 11) is 3.02. The molecule has 3 aromatic rings. The van der Waals surface area contributed by atoms with E-state index in [1.807, 2.05) is 0 Å². The van der Waals surface area contributed by atoms with Crippen LogP contribution in [0.25, 0.3) is 10.9 Å². The third kappa shape index (κ3) is 3.69. The minimum atomic E-state index is -0.241. The molecule has 0 fully saturated rings. The highest BCUT2D eigenvalue weighted by Gasteiger charge is 2.12. The van der Waals surface area contributed by atoms with Crippen molar-refractivity contribution in [3.8, 4) is 11.5 Å². The third-order valence-corrected chi connectivity index (χ3v) is 3.95. The molecular weight excluding hydrogens is 338 g/mol. The first kappa shape index (κ1) is 17.5. The number of hydrogen-bond acceptors (Lipinski definition) is 6. The molecule has 0 atom stereocenters. The summed E-state index contributed by atoms with van der Waals surface area (Å²) in [6.07, 6.45) is 3.13. The Balaban J connectivity index is 1.72. The Morgan fingerprint density at radius 3 is 2.73 bits per heavy atom. The van der Waals surface area contributed by atoms with Crippen molar-refractivity contribution in [2.75, 3.05) is 14.2 Å². The number of nitrogens with one attached hydrogen (secondary N) is 1. The van der Waals surface area contributed by atoms with Crippen LogP contribution in [0.1, 0.15) is 12.2 Å². The van der Waals surface area contributed by atoms with E-state index in [2.05, 4.69) is 10.3 Å². The molecule has 0 saturated heterocycles. The fraction of sp³-hybridized carbons (Fsp3) is 0.278. The molecule has 8 nitrogen and oxygen atoms in total. The summed E-state index contributed by atoms with van der Waals surface area (Å²) in [4.78, 5) is 28.8. The fourth-order valence-electron chi connectivity index (χ4n) is 2.55. The highest BCUT2D eigenvalue weighted by molar-refractivity contribution is 5.81. The first-order chi connectivity index (χ1) is 12.6. The quantitative estimate of drug-likeness (QED) is 0.692. The van der Waals surface area contributed by atoms with Crippen LogP contribution in [-0.2, 0) is 17.9 Å². The summed E-state index contributed by atoms with van der Waals surface area (Å²) in [5.74, 6) is 1.44. The maximum Gasteiger partial charge on any atom is 0.261 e. The third-order valence-electron chi connectivity index (χ3n) is 3.95.